The number of hydrogen-bond acceptors (Lipinski definition) is 3. The molecule has 2 unspecified atom stereocenters. The van der Waals surface area contributed by atoms with Gasteiger partial charge in [0, 0.05) is 23.5 Å². The number of rotatable bonds is 4. The van der Waals surface area contributed by atoms with E-state index >= 15 is 0 Å². The Morgan fingerprint density at radius 3 is 3.10 bits per heavy atom. The third-order valence-electron chi connectivity index (χ3n) is 4.64. The van der Waals surface area contributed by atoms with Crippen LogP contribution in [-0.4, -0.2) is 28.6 Å². The van der Waals surface area contributed by atoms with Crippen molar-refractivity contribution in [2.45, 2.75) is 44.7 Å². The molecule has 0 radical (unpaired) electrons. The second-order valence-corrected chi connectivity index (χ2v) is 6.84. The number of thiophene rings is 1. The van der Waals surface area contributed by atoms with E-state index in [-0.39, 0.29) is 0 Å². The zero-order valence-electron chi connectivity index (χ0n) is 11.6. The third kappa shape index (κ3) is 2.96. The Kier molecular flexibility index (Phi) is 4.22. The first-order chi connectivity index (χ1) is 9.74. The van der Waals surface area contributed by atoms with Crippen molar-refractivity contribution in [1.29, 1.82) is 0 Å². The van der Waals surface area contributed by atoms with E-state index in [1.165, 1.54) is 49.6 Å². The zero-order chi connectivity index (χ0) is 13.9. The lowest BCUT2D eigenvalue weighted by Crippen LogP contribution is -2.41. The van der Waals surface area contributed by atoms with E-state index in [0.29, 0.717) is 0 Å². The second-order valence-electron chi connectivity index (χ2n) is 5.84. The molecule has 0 bridgehead atoms. The van der Waals surface area contributed by atoms with Gasteiger partial charge in [0.25, 0.3) is 0 Å². The Balaban J connectivity index is 1.71. The molecular weight excluding hydrogens is 270 g/mol. The topological polar surface area (TPSA) is 40.5 Å². The van der Waals surface area contributed by atoms with Gasteiger partial charge in [0.15, 0.2) is 0 Å². The monoisotopic (exact) mass is 291 g/mol. The van der Waals surface area contributed by atoms with Crippen molar-refractivity contribution in [1.82, 2.24) is 4.90 Å². The molecule has 3 rings (SSSR count). The Bertz CT molecular complexity index is 508. The van der Waals surface area contributed by atoms with E-state index in [1.807, 2.05) is 6.07 Å². The summed E-state index contributed by atoms with van der Waals surface area (Å²) in [5.74, 6) is 0.0257. The van der Waals surface area contributed by atoms with Crippen molar-refractivity contribution in [3.8, 4) is 0 Å². The lowest BCUT2D eigenvalue weighted by Gasteiger charge is -2.37. The summed E-state index contributed by atoms with van der Waals surface area (Å²) in [5, 5.41) is 10.8. The number of carboxylic acids is 1. The first kappa shape index (κ1) is 13.8. The van der Waals surface area contributed by atoms with Gasteiger partial charge in [0.05, 0.1) is 0 Å². The van der Waals surface area contributed by atoms with Gasteiger partial charge in [-0.2, -0.15) is 0 Å². The normalized spacial score (nSPS) is 27.0. The predicted molar refractivity (Wildman–Crippen MR) is 81.8 cm³/mol. The summed E-state index contributed by atoms with van der Waals surface area (Å²) in [7, 11) is 0. The summed E-state index contributed by atoms with van der Waals surface area (Å²) < 4.78 is 0. The van der Waals surface area contributed by atoms with E-state index in [1.54, 1.807) is 17.4 Å². The molecule has 1 N–H and O–H groups in total. The molecule has 2 atom stereocenters. The average molecular weight is 291 g/mol. The van der Waals surface area contributed by atoms with Gasteiger partial charge in [-0.15, -0.1) is 11.3 Å². The molecule has 0 aromatic carbocycles. The van der Waals surface area contributed by atoms with Crippen LogP contribution in [0.5, 0.6) is 0 Å². The van der Waals surface area contributed by atoms with E-state index < -0.39 is 5.97 Å². The van der Waals surface area contributed by atoms with Gasteiger partial charge in [-0.25, -0.2) is 4.79 Å². The average Bonchev–Trinajstić information content (AvgIpc) is 3.05. The van der Waals surface area contributed by atoms with Crippen molar-refractivity contribution >= 4 is 23.4 Å². The summed E-state index contributed by atoms with van der Waals surface area (Å²) in [5.41, 5.74) is 1.07. The molecule has 20 heavy (non-hydrogen) atoms. The summed E-state index contributed by atoms with van der Waals surface area (Å²) in [6.07, 6.45) is 9.80. The maximum absolute atomic E-state index is 10.7. The van der Waals surface area contributed by atoms with Crippen LogP contribution in [0.15, 0.2) is 17.5 Å². The molecular formula is C16H21NO2S. The number of hydrogen-bond donors (Lipinski definition) is 1. The Labute approximate surface area is 123 Å². The molecule has 4 heteroatoms. The Morgan fingerprint density at radius 2 is 2.25 bits per heavy atom. The molecule has 1 aliphatic heterocycles. The molecule has 0 spiro atoms. The lowest BCUT2D eigenvalue weighted by atomic mass is 9.92. The standard InChI is InChI=1S/C16H21NO2S/c18-16(19)7-6-13-8-10-20-15(13)11-17-9-2-4-12-3-1-5-14(12)17/h6-8,10,12,14H,1-5,9,11H2,(H,18,19). The smallest absolute Gasteiger partial charge is 0.328 e. The van der Waals surface area contributed by atoms with Crippen molar-refractivity contribution in [3.63, 3.8) is 0 Å². The van der Waals surface area contributed by atoms with Crippen molar-refractivity contribution in [2.24, 2.45) is 5.92 Å². The molecule has 1 aromatic heterocycles. The van der Waals surface area contributed by atoms with Gasteiger partial charge in [0.2, 0.25) is 0 Å². The summed E-state index contributed by atoms with van der Waals surface area (Å²) in [6.45, 7) is 2.18. The summed E-state index contributed by atoms with van der Waals surface area (Å²) in [6, 6.07) is 2.79. The van der Waals surface area contributed by atoms with Crippen molar-refractivity contribution < 1.29 is 9.90 Å². The van der Waals surface area contributed by atoms with E-state index in [0.717, 1.165) is 24.1 Å². The quantitative estimate of drug-likeness (QED) is 0.862. The van der Waals surface area contributed by atoms with Crippen LogP contribution in [0.4, 0.5) is 0 Å². The fourth-order valence-electron chi connectivity index (χ4n) is 3.73. The van der Waals surface area contributed by atoms with Crippen molar-refractivity contribution in [2.75, 3.05) is 6.54 Å². The highest BCUT2D eigenvalue weighted by Crippen LogP contribution is 2.38. The first-order valence-corrected chi connectivity index (χ1v) is 8.33. The number of likely N-dealkylation sites (tertiary alicyclic amines) is 1. The molecule has 1 saturated heterocycles. The van der Waals surface area contributed by atoms with Gasteiger partial charge < -0.3 is 5.11 Å². The van der Waals surface area contributed by atoms with Crippen LogP contribution in [0, 0.1) is 5.92 Å². The molecule has 1 aromatic rings. The minimum atomic E-state index is -0.879. The molecule has 108 valence electrons. The van der Waals surface area contributed by atoms with Crippen LogP contribution in [0.25, 0.3) is 6.08 Å². The Hall–Kier alpha value is -1.13. The van der Waals surface area contributed by atoms with Gasteiger partial charge in [0.1, 0.15) is 0 Å². The first-order valence-electron chi connectivity index (χ1n) is 7.45. The van der Waals surface area contributed by atoms with Crippen LogP contribution < -0.4 is 0 Å². The maximum Gasteiger partial charge on any atom is 0.328 e. The number of carbonyl (C=O) groups is 1. The SMILES string of the molecule is O=C(O)C=Cc1ccsc1CN1CCCC2CCCC21. The lowest BCUT2D eigenvalue weighted by molar-refractivity contribution is -0.131. The predicted octanol–water partition coefficient (Wildman–Crippen LogP) is 3.61. The molecule has 1 aliphatic carbocycles. The van der Waals surface area contributed by atoms with E-state index in [4.69, 9.17) is 5.11 Å². The number of nitrogens with zero attached hydrogens (tertiary/aromatic N) is 1. The number of piperidine rings is 1. The molecule has 1 saturated carbocycles. The number of carboxylic acid groups (broad SMARTS) is 1. The molecule has 2 aliphatic rings. The summed E-state index contributed by atoms with van der Waals surface area (Å²) >= 11 is 1.74. The van der Waals surface area contributed by atoms with Gasteiger partial charge in [-0.05, 0) is 61.2 Å². The third-order valence-corrected chi connectivity index (χ3v) is 5.56. The summed E-state index contributed by atoms with van der Waals surface area (Å²) in [4.78, 5) is 14.6. The fraction of sp³-hybridized carbons (Fsp3) is 0.562. The van der Waals surface area contributed by atoms with Crippen LogP contribution in [0.1, 0.15) is 42.5 Å². The zero-order valence-corrected chi connectivity index (χ0v) is 12.4. The number of fused-ring (bicyclic) bond motifs is 1. The molecule has 3 nitrogen and oxygen atoms in total. The molecule has 0 amide bonds. The number of aliphatic carboxylic acids is 1. The highest BCUT2D eigenvalue weighted by atomic mass is 32.1. The van der Waals surface area contributed by atoms with Gasteiger partial charge in [-0.3, -0.25) is 4.90 Å². The molecule has 2 fully saturated rings. The fourth-order valence-corrected chi connectivity index (χ4v) is 4.62. The highest BCUT2D eigenvalue weighted by molar-refractivity contribution is 7.10. The van der Waals surface area contributed by atoms with Gasteiger partial charge in [-0.1, -0.05) is 6.42 Å². The van der Waals surface area contributed by atoms with Gasteiger partial charge >= 0.3 is 5.97 Å². The minimum Gasteiger partial charge on any atom is -0.478 e. The van der Waals surface area contributed by atoms with E-state index in [2.05, 4.69) is 10.3 Å². The second kappa shape index (κ2) is 6.10. The van der Waals surface area contributed by atoms with Crippen molar-refractivity contribution in [3.05, 3.63) is 28.0 Å². The maximum atomic E-state index is 10.7. The minimum absolute atomic E-state index is 0.766. The largest absolute Gasteiger partial charge is 0.478 e. The van der Waals surface area contributed by atoms with E-state index in [9.17, 15) is 4.79 Å². The van der Waals surface area contributed by atoms with Crippen LogP contribution >= 0.6 is 11.3 Å². The van der Waals surface area contributed by atoms with Crippen LogP contribution in [0.2, 0.25) is 0 Å². The molecule has 2 heterocycles. The Morgan fingerprint density at radius 1 is 1.40 bits per heavy atom. The van der Waals surface area contributed by atoms with Crippen LogP contribution in [-0.2, 0) is 11.3 Å². The highest BCUT2D eigenvalue weighted by Gasteiger charge is 2.34. The van der Waals surface area contributed by atoms with Crippen LogP contribution in [0.3, 0.4) is 0 Å².